The lowest BCUT2D eigenvalue weighted by Crippen LogP contribution is -2.44. The summed E-state index contributed by atoms with van der Waals surface area (Å²) < 4.78 is 32.2. The van der Waals surface area contributed by atoms with Gasteiger partial charge in [0, 0.05) is 50.1 Å². The summed E-state index contributed by atoms with van der Waals surface area (Å²) in [6, 6.07) is 12.0. The molecule has 1 fully saturated rings. The van der Waals surface area contributed by atoms with Crippen molar-refractivity contribution in [3.8, 4) is 11.3 Å². The van der Waals surface area contributed by atoms with Gasteiger partial charge in [-0.3, -0.25) is 14.4 Å². The van der Waals surface area contributed by atoms with Crippen molar-refractivity contribution in [2.45, 2.75) is 45.2 Å². The Kier molecular flexibility index (Phi) is 8.50. The summed E-state index contributed by atoms with van der Waals surface area (Å²) in [4.78, 5) is 40.5. The number of benzene rings is 2. The van der Waals surface area contributed by atoms with Crippen molar-refractivity contribution in [1.82, 2.24) is 20.7 Å². The smallest absolute Gasteiger partial charge is 0.257 e. The lowest BCUT2D eigenvalue weighted by Gasteiger charge is -2.24. The number of rotatable bonds is 6. The number of carbonyl (C=O) groups excluding carboxylic acids is 3. The van der Waals surface area contributed by atoms with Crippen LogP contribution in [-0.2, 0) is 16.1 Å². The molecule has 0 spiro atoms. The van der Waals surface area contributed by atoms with Gasteiger partial charge in [-0.2, -0.15) is 0 Å². The highest BCUT2D eigenvalue weighted by Gasteiger charge is 2.29. The average molecular weight is 525 g/mol. The van der Waals surface area contributed by atoms with Crippen LogP contribution in [-0.4, -0.2) is 47.4 Å². The van der Waals surface area contributed by atoms with Crippen LogP contribution in [0.5, 0.6) is 0 Å². The van der Waals surface area contributed by atoms with Crippen molar-refractivity contribution in [2.24, 2.45) is 5.92 Å². The van der Waals surface area contributed by atoms with Crippen LogP contribution in [0.25, 0.3) is 11.3 Å². The van der Waals surface area contributed by atoms with Gasteiger partial charge >= 0.3 is 0 Å². The summed E-state index contributed by atoms with van der Waals surface area (Å²) in [6.45, 7) is 1.91. The molecule has 38 heavy (non-hydrogen) atoms. The van der Waals surface area contributed by atoms with Gasteiger partial charge in [0.15, 0.2) is 0 Å². The molecule has 3 aromatic rings. The van der Waals surface area contributed by atoms with Crippen LogP contribution in [0.4, 0.5) is 8.78 Å². The standard InChI is InChI=1S/C28H30F2N4O4/c1-17-25(26(33-38-17)19-7-4-3-5-8-19)28(37)32-23-10-6-9-20(13-24(35)34(2)16-23)27(36)31-15-18-11-21(29)14-22(30)12-18/h3-5,7-8,11-12,14,20,23H,6,9-10,13,15-16H2,1-2H3,(H,31,36)(H,32,37)/t20-,23-/m1/s1. The van der Waals surface area contributed by atoms with Crippen molar-refractivity contribution >= 4 is 17.7 Å². The van der Waals surface area contributed by atoms with Crippen LogP contribution in [0.3, 0.4) is 0 Å². The van der Waals surface area contributed by atoms with Crippen molar-refractivity contribution in [3.05, 3.63) is 77.1 Å². The van der Waals surface area contributed by atoms with E-state index in [9.17, 15) is 23.2 Å². The van der Waals surface area contributed by atoms with Crippen LogP contribution in [0.2, 0.25) is 0 Å². The van der Waals surface area contributed by atoms with E-state index >= 15 is 0 Å². The number of aryl methyl sites for hydroxylation is 1. The molecule has 2 aromatic carbocycles. The molecule has 4 rings (SSSR count). The Labute approximate surface area is 219 Å². The molecule has 2 heterocycles. The van der Waals surface area contributed by atoms with Crippen molar-refractivity contribution in [3.63, 3.8) is 0 Å². The second kappa shape index (κ2) is 12.0. The van der Waals surface area contributed by atoms with E-state index in [4.69, 9.17) is 4.52 Å². The summed E-state index contributed by atoms with van der Waals surface area (Å²) in [5.41, 5.74) is 1.84. The number of hydrogen-bond donors (Lipinski definition) is 2. The third kappa shape index (κ3) is 6.62. The van der Waals surface area contributed by atoms with E-state index in [0.29, 0.717) is 41.8 Å². The lowest BCUT2D eigenvalue weighted by atomic mass is 9.96. The van der Waals surface area contributed by atoms with E-state index in [-0.39, 0.29) is 43.3 Å². The zero-order valence-electron chi connectivity index (χ0n) is 21.3. The maximum Gasteiger partial charge on any atom is 0.257 e. The highest BCUT2D eigenvalue weighted by molar-refractivity contribution is 6.01. The van der Waals surface area contributed by atoms with Crippen LogP contribution in [0.1, 0.15) is 47.4 Å². The lowest BCUT2D eigenvalue weighted by molar-refractivity contribution is -0.135. The zero-order valence-corrected chi connectivity index (χ0v) is 21.3. The number of halogens is 2. The second-order valence-electron chi connectivity index (χ2n) is 9.60. The Morgan fingerprint density at radius 1 is 1.11 bits per heavy atom. The topological polar surface area (TPSA) is 105 Å². The molecule has 1 aromatic heterocycles. The molecule has 1 saturated heterocycles. The van der Waals surface area contributed by atoms with Gasteiger partial charge in [0.2, 0.25) is 11.8 Å². The van der Waals surface area contributed by atoms with Crippen molar-refractivity contribution < 1.29 is 27.7 Å². The fraction of sp³-hybridized carbons (Fsp3) is 0.357. The second-order valence-corrected chi connectivity index (χ2v) is 9.60. The zero-order chi connectivity index (χ0) is 27.2. The maximum atomic E-state index is 13.5. The Balaban J connectivity index is 1.40. The molecule has 1 aliphatic heterocycles. The van der Waals surface area contributed by atoms with Gasteiger partial charge in [0.05, 0.1) is 0 Å². The molecule has 2 atom stereocenters. The Hall–Kier alpha value is -4.08. The Morgan fingerprint density at radius 2 is 1.82 bits per heavy atom. The predicted molar refractivity (Wildman–Crippen MR) is 136 cm³/mol. The minimum Gasteiger partial charge on any atom is -0.360 e. The van der Waals surface area contributed by atoms with Gasteiger partial charge in [0.25, 0.3) is 5.91 Å². The first-order valence-electron chi connectivity index (χ1n) is 12.5. The quantitative estimate of drug-likeness (QED) is 0.508. The van der Waals surface area contributed by atoms with Crippen LogP contribution < -0.4 is 10.6 Å². The largest absolute Gasteiger partial charge is 0.360 e. The number of likely N-dealkylation sites (N-methyl/N-ethyl adjacent to an activating group) is 1. The summed E-state index contributed by atoms with van der Waals surface area (Å²) in [7, 11) is 1.64. The van der Waals surface area contributed by atoms with Gasteiger partial charge in [-0.25, -0.2) is 8.78 Å². The molecule has 200 valence electrons. The average Bonchev–Trinajstić information content (AvgIpc) is 3.29. The normalized spacial score (nSPS) is 18.3. The number of aromatic nitrogens is 1. The first-order chi connectivity index (χ1) is 18.2. The minimum absolute atomic E-state index is 0.00340. The molecule has 0 saturated carbocycles. The number of amides is 3. The van der Waals surface area contributed by atoms with E-state index in [1.807, 2.05) is 30.3 Å². The first-order valence-corrected chi connectivity index (χ1v) is 12.5. The Morgan fingerprint density at radius 3 is 2.53 bits per heavy atom. The maximum absolute atomic E-state index is 13.5. The number of nitrogens with zero attached hydrogens (tertiary/aromatic N) is 2. The summed E-state index contributed by atoms with van der Waals surface area (Å²) in [6.07, 6.45) is 1.57. The number of hydrogen-bond acceptors (Lipinski definition) is 5. The van der Waals surface area contributed by atoms with E-state index in [2.05, 4.69) is 15.8 Å². The monoisotopic (exact) mass is 524 g/mol. The molecule has 2 N–H and O–H groups in total. The van der Waals surface area contributed by atoms with Gasteiger partial charge in [-0.15, -0.1) is 0 Å². The SMILES string of the molecule is Cc1onc(-c2ccccc2)c1C(=O)N[C@@H]1CCC[C@@H](C(=O)NCc2cc(F)cc(F)c2)CC(=O)N(C)C1. The summed E-state index contributed by atoms with van der Waals surface area (Å²) >= 11 is 0. The van der Waals surface area contributed by atoms with Gasteiger partial charge in [0.1, 0.15) is 28.7 Å². The number of carbonyl (C=O) groups is 3. The predicted octanol–water partition coefficient (Wildman–Crippen LogP) is 3.99. The molecule has 0 radical (unpaired) electrons. The molecule has 10 heteroatoms. The third-order valence-corrected chi connectivity index (χ3v) is 6.68. The van der Waals surface area contributed by atoms with Gasteiger partial charge in [-0.1, -0.05) is 41.9 Å². The summed E-state index contributed by atoms with van der Waals surface area (Å²) in [5.74, 6) is -2.57. The molecule has 0 bridgehead atoms. The third-order valence-electron chi connectivity index (χ3n) is 6.68. The Bertz CT molecular complexity index is 1290. The minimum atomic E-state index is -0.723. The number of nitrogens with one attached hydrogen (secondary N) is 2. The molecule has 0 unspecified atom stereocenters. The molecular formula is C28H30F2N4O4. The first kappa shape index (κ1) is 27.0. The molecule has 8 nitrogen and oxygen atoms in total. The van der Waals surface area contributed by atoms with Gasteiger partial charge < -0.3 is 20.1 Å². The molecule has 3 amide bonds. The summed E-state index contributed by atoms with van der Waals surface area (Å²) in [5, 5.41) is 9.77. The fourth-order valence-corrected chi connectivity index (χ4v) is 4.68. The van der Waals surface area contributed by atoms with Crippen molar-refractivity contribution in [1.29, 1.82) is 0 Å². The van der Waals surface area contributed by atoms with Crippen LogP contribution >= 0.6 is 0 Å². The molecule has 1 aliphatic rings. The van der Waals surface area contributed by atoms with E-state index in [1.54, 1.807) is 14.0 Å². The van der Waals surface area contributed by atoms with Crippen molar-refractivity contribution in [2.75, 3.05) is 13.6 Å². The highest BCUT2D eigenvalue weighted by Crippen LogP contribution is 2.26. The fourth-order valence-electron chi connectivity index (χ4n) is 4.68. The van der Waals surface area contributed by atoms with E-state index in [0.717, 1.165) is 23.8 Å². The van der Waals surface area contributed by atoms with Crippen LogP contribution in [0, 0.1) is 24.5 Å². The van der Waals surface area contributed by atoms with E-state index in [1.165, 1.54) is 4.90 Å². The molecular weight excluding hydrogens is 494 g/mol. The highest BCUT2D eigenvalue weighted by atomic mass is 19.1. The molecule has 0 aliphatic carbocycles. The van der Waals surface area contributed by atoms with Gasteiger partial charge in [-0.05, 0) is 37.5 Å². The van der Waals surface area contributed by atoms with Crippen LogP contribution in [0.15, 0.2) is 53.1 Å². The van der Waals surface area contributed by atoms with E-state index < -0.39 is 17.6 Å².